The van der Waals surface area contributed by atoms with Gasteiger partial charge >= 0.3 is 17.9 Å². The Balaban J connectivity index is 4.04. The molecule has 0 fully saturated rings. The van der Waals surface area contributed by atoms with Gasteiger partial charge in [-0.3, -0.25) is 33.5 Å². The third kappa shape index (κ3) is 22.0. The summed E-state index contributed by atoms with van der Waals surface area (Å²) < 4.78 is 36.0. The fourth-order valence-electron chi connectivity index (χ4n) is 3.62. The van der Waals surface area contributed by atoms with Gasteiger partial charge in [0.05, 0.1) is 31.5 Å². The summed E-state index contributed by atoms with van der Waals surface area (Å²) >= 11 is 0. The molecule has 0 radical (unpaired) electrons. The van der Waals surface area contributed by atoms with Crippen molar-refractivity contribution in [3.05, 3.63) is 0 Å². The zero-order valence-electron chi connectivity index (χ0n) is 24.7. The molecule has 0 bridgehead atoms. The quantitative estimate of drug-likeness (QED) is 0.0606. The van der Waals surface area contributed by atoms with Crippen LogP contribution in [0.3, 0.4) is 0 Å². The third-order valence-corrected chi connectivity index (χ3v) is 7.20. The van der Waals surface area contributed by atoms with Gasteiger partial charge in [-0.2, -0.15) is 0 Å². The lowest BCUT2D eigenvalue weighted by Crippen LogP contribution is -2.40. The van der Waals surface area contributed by atoms with Crippen molar-refractivity contribution in [1.82, 2.24) is 15.4 Å². The fraction of sp³-hybridized carbons (Fsp3) is 0.731. The molecular formula is C26H43N3O14S. The van der Waals surface area contributed by atoms with Crippen LogP contribution in [0.2, 0.25) is 0 Å². The summed E-state index contributed by atoms with van der Waals surface area (Å²) in [6.07, 6.45) is -0.686. The van der Waals surface area contributed by atoms with Crippen LogP contribution in [-0.2, 0) is 53.1 Å². The number of ketones is 1. The topological polar surface area (TPSA) is 269 Å². The first-order valence-electron chi connectivity index (χ1n) is 14.1. The van der Waals surface area contributed by atoms with Crippen molar-refractivity contribution in [2.75, 3.05) is 38.7 Å². The van der Waals surface area contributed by atoms with Crippen molar-refractivity contribution in [2.24, 2.45) is 5.92 Å². The van der Waals surface area contributed by atoms with E-state index in [9.17, 15) is 47.1 Å². The van der Waals surface area contributed by atoms with E-state index in [0.717, 1.165) is 0 Å². The summed E-state index contributed by atoms with van der Waals surface area (Å²) in [5, 5.41) is 31.8. The molecule has 0 aromatic carbocycles. The Morgan fingerprint density at radius 2 is 1.41 bits per heavy atom. The molecule has 0 aliphatic carbocycles. The first-order chi connectivity index (χ1) is 20.7. The predicted octanol–water partition coefficient (Wildman–Crippen LogP) is -0.573. The van der Waals surface area contributed by atoms with Crippen LogP contribution in [0.1, 0.15) is 71.1 Å². The molecule has 1 unspecified atom stereocenters. The highest BCUT2D eigenvalue weighted by Gasteiger charge is 2.24. The Kier molecular flexibility index (Phi) is 20.9. The summed E-state index contributed by atoms with van der Waals surface area (Å²) in [6, 6.07) is -1.06. The SMILES string of the molecule is CCCC(NC(=O)CC[C@H](CC(=O)COCCOCCNC(=O)CCCS(=O)(=O)NC(=O)CCCC(=O)O)C(=O)O)C(=O)O. The van der Waals surface area contributed by atoms with E-state index in [1.54, 1.807) is 6.92 Å². The van der Waals surface area contributed by atoms with E-state index in [1.807, 2.05) is 4.72 Å². The van der Waals surface area contributed by atoms with Crippen LogP contribution in [0.25, 0.3) is 0 Å². The number of hydrogen-bond acceptors (Lipinski definition) is 11. The third-order valence-electron chi connectivity index (χ3n) is 5.84. The summed E-state index contributed by atoms with van der Waals surface area (Å²) in [5.74, 6) is -7.52. The maximum Gasteiger partial charge on any atom is 0.326 e. The van der Waals surface area contributed by atoms with Crippen molar-refractivity contribution in [1.29, 1.82) is 0 Å². The molecule has 252 valence electrons. The fourth-order valence-corrected chi connectivity index (χ4v) is 4.70. The zero-order chi connectivity index (χ0) is 33.5. The van der Waals surface area contributed by atoms with Crippen LogP contribution >= 0.6 is 0 Å². The number of carboxylic acids is 3. The second-order valence-electron chi connectivity index (χ2n) is 9.77. The number of amides is 3. The minimum absolute atomic E-state index is 0.000479. The molecule has 0 heterocycles. The minimum atomic E-state index is -3.95. The second-order valence-corrected chi connectivity index (χ2v) is 11.6. The van der Waals surface area contributed by atoms with Gasteiger partial charge in [-0.25, -0.2) is 13.2 Å². The summed E-state index contributed by atoms with van der Waals surface area (Å²) in [6.45, 7) is 1.67. The van der Waals surface area contributed by atoms with Gasteiger partial charge in [-0.15, -0.1) is 0 Å². The highest BCUT2D eigenvalue weighted by Crippen LogP contribution is 2.13. The molecule has 0 aromatic rings. The van der Waals surface area contributed by atoms with Crippen molar-refractivity contribution in [2.45, 2.75) is 77.2 Å². The number of sulfonamides is 1. The van der Waals surface area contributed by atoms with Gasteiger partial charge in [-0.1, -0.05) is 13.3 Å². The zero-order valence-corrected chi connectivity index (χ0v) is 25.5. The Morgan fingerprint density at radius 3 is 2.02 bits per heavy atom. The number of carbonyl (C=O) groups excluding carboxylic acids is 4. The molecule has 0 aromatic heterocycles. The average molecular weight is 654 g/mol. The lowest BCUT2D eigenvalue weighted by atomic mass is 9.97. The molecule has 2 atom stereocenters. The van der Waals surface area contributed by atoms with E-state index in [-0.39, 0.29) is 90.8 Å². The normalized spacial score (nSPS) is 12.5. The summed E-state index contributed by atoms with van der Waals surface area (Å²) in [4.78, 5) is 80.5. The molecule has 3 amide bonds. The molecule has 44 heavy (non-hydrogen) atoms. The smallest absolute Gasteiger partial charge is 0.326 e. The number of carbonyl (C=O) groups is 7. The first kappa shape index (κ1) is 40.4. The highest BCUT2D eigenvalue weighted by atomic mass is 32.2. The van der Waals surface area contributed by atoms with Crippen molar-refractivity contribution in [3.8, 4) is 0 Å². The predicted molar refractivity (Wildman–Crippen MR) is 152 cm³/mol. The molecule has 18 heteroatoms. The lowest BCUT2D eigenvalue weighted by Gasteiger charge is -2.15. The second kappa shape index (κ2) is 22.8. The summed E-state index contributed by atoms with van der Waals surface area (Å²) in [5.41, 5.74) is 0. The van der Waals surface area contributed by atoms with Gasteiger partial charge < -0.3 is 35.4 Å². The number of Topliss-reactive ketones (excluding diaryl/α,β-unsaturated/α-hetero) is 1. The number of carboxylic acid groups (broad SMARTS) is 3. The molecule has 0 saturated carbocycles. The van der Waals surface area contributed by atoms with Gasteiger partial charge in [0.2, 0.25) is 27.7 Å². The van der Waals surface area contributed by atoms with E-state index in [4.69, 9.17) is 19.7 Å². The van der Waals surface area contributed by atoms with Crippen molar-refractivity contribution < 1.29 is 66.8 Å². The van der Waals surface area contributed by atoms with E-state index in [2.05, 4.69) is 10.6 Å². The highest BCUT2D eigenvalue weighted by molar-refractivity contribution is 7.90. The Morgan fingerprint density at radius 1 is 0.750 bits per heavy atom. The largest absolute Gasteiger partial charge is 0.481 e. The van der Waals surface area contributed by atoms with Gasteiger partial charge in [-0.05, 0) is 25.7 Å². The van der Waals surface area contributed by atoms with Crippen LogP contribution in [0.5, 0.6) is 0 Å². The standard InChI is InChI=1S/C26H43N3O14S/c1-2-5-20(26(38)39)28-22(32)10-9-18(25(36)37)16-19(30)17-43-14-13-42-12-11-27-21(31)7-4-15-44(40,41)29-23(33)6-3-8-24(34)35/h18,20H,2-17H2,1H3,(H,27,31)(H,28,32)(H,29,33)(H,34,35)(H,36,37)(H,38,39)/t18-,20?/m1/s1. The number of nitrogens with one attached hydrogen (secondary N) is 3. The van der Waals surface area contributed by atoms with Gasteiger partial charge in [0.15, 0.2) is 5.78 Å². The molecule has 0 aliphatic rings. The van der Waals surface area contributed by atoms with Gasteiger partial charge in [0.1, 0.15) is 12.6 Å². The Bertz CT molecular complexity index is 1080. The molecule has 0 spiro atoms. The molecule has 6 N–H and O–H groups in total. The maximum absolute atomic E-state index is 12.1. The number of hydrogen-bond donors (Lipinski definition) is 6. The summed E-state index contributed by atoms with van der Waals surface area (Å²) in [7, 11) is -3.95. The van der Waals surface area contributed by atoms with E-state index < -0.39 is 69.1 Å². The van der Waals surface area contributed by atoms with E-state index in [1.165, 1.54) is 0 Å². The Labute approximate surface area is 255 Å². The monoisotopic (exact) mass is 653 g/mol. The van der Waals surface area contributed by atoms with E-state index in [0.29, 0.717) is 6.42 Å². The van der Waals surface area contributed by atoms with Crippen LogP contribution in [0.4, 0.5) is 0 Å². The maximum atomic E-state index is 12.1. The van der Waals surface area contributed by atoms with Gasteiger partial charge in [0.25, 0.3) is 0 Å². The van der Waals surface area contributed by atoms with Crippen LogP contribution in [0.15, 0.2) is 0 Å². The lowest BCUT2D eigenvalue weighted by molar-refractivity contribution is -0.145. The minimum Gasteiger partial charge on any atom is -0.481 e. The molecule has 17 nitrogen and oxygen atoms in total. The first-order valence-corrected chi connectivity index (χ1v) is 15.8. The van der Waals surface area contributed by atoms with Crippen molar-refractivity contribution >= 4 is 51.4 Å². The molecular weight excluding hydrogens is 610 g/mol. The van der Waals surface area contributed by atoms with Crippen LogP contribution in [-0.4, -0.2) is 110 Å². The van der Waals surface area contributed by atoms with E-state index >= 15 is 0 Å². The van der Waals surface area contributed by atoms with Crippen LogP contribution in [0, 0.1) is 5.92 Å². The molecule has 0 saturated heterocycles. The number of aliphatic carboxylic acids is 3. The molecule has 0 rings (SSSR count). The molecule has 0 aliphatic heterocycles. The van der Waals surface area contributed by atoms with Crippen molar-refractivity contribution in [3.63, 3.8) is 0 Å². The number of ether oxygens (including phenoxy) is 2. The van der Waals surface area contributed by atoms with Crippen LogP contribution < -0.4 is 15.4 Å². The van der Waals surface area contributed by atoms with Gasteiger partial charge in [0, 0.05) is 38.6 Å². The number of rotatable bonds is 27. The Hall–Kier alpha value is -3.64. The average Bonchev–Trinajstić information content (AvgIpc) is 2.91.